The van der Waals surface area contributed by atoms with Crippen molar-refractivity contribution in [1.82, 2.24) is 5.32 Å². The van der Waals surface area contributed by atoms with E-state index in [-0.39, 0.29) is 29.7 Å². The minimum Gasteiger partial charge on any atom is -0.504 e. The number of carbonyl (C=O) groups excluding carboxylic acids is 1. The van der Waals surface area contributed by atoms with E-state index >= 15 is 0 Å². The molecule has 2 aliphatic rings. The molecule has 0 radical (unpaired) electrons. The first-order valence-corrected chi connectivity index (χ1v) is 9.78. The van der Waals surface area contributed by atoms with E-state index < -0.39 is 11.0 Å². The molecule has 0 aliphatic heterocycles. The molecule has 0 aromatic heterocycles. The van der Waals surface area contributed by atoms with Gasteiger partial charge in [-0.05, 0) is 56.7 Å². The van der Waals surface area contributed by atoms with Crippen LogP contribution >= 0.6 is 0 Å². The maximum absolute atomic E-state index is 12.4. The molecule has 3 rings (SSSR count). The molecular weight excluding hydrogens is 330 g/mol. The van der Waals surface area contributed by atoms with Gasteiger partial charge in [-0.2, -0.15) is 0 Å². The summed E-state index contributed by atoms with van der Waals surface area (Å²) in [6.45, 7) is 6.39. The molecule has 3 atom stereocenters. The van der Waals surface area contributed by atoms with Gasteiger partial charge in [0.15, 0.2) is 11.5 Å². The number of hydrogen-bond acceptors (Lipinski definition) is 5. The highest BCUT2D eigenvalue weighted by Crippen LogP contribution is 2.54. The minimum absolute atomic E-state index is 0.0451. The monoisotopic (exact) mass is 361 g/mol. The van der Waals surface area contributed by atoms with E-state index in [2.05, 4.69) is 5.32 Å². The molecule has 4 N–H and O–H groups in total. The van der Waals surface area contributed by atoms with E-state index in [1.54, 1.807) is 6.92 Å². The van der Waals surface area contributed by atoms with Crippen LogP contribution in [0.1, 0.15) is 64.0 Å². The van der Waals surface area contributed by atoms with Crippen molar-refractivity contribution in [3.63, 3.8) is 0 Å². The zero-order valence-corrected chi connectivity index (χ0v) is 16.0. The number of carbonyl (C=O) groups is 1. The number of fused-ring (bicyclic) bond motifs is 1. The fraction of sp³-hybridized carbons (Fsp3) is 0.667. The normalized spacial score (nSPS) is 30.8. The number of aromatic hydroxyl groups is 2. The largest absolute Gasteiger partial charge is 0.504 e. The number of ketones is 1. The molecule has 26 heavy (non-hydrogen) atoms. The number of Topliss-reactive ketones (excluding diaryl/α,β-unsaturated/α-hetero) is 1. The summed E-state index contributed by atoms with van der Waals surface area (Å²) in [5.74, 6) is 0.317. The second kappa shape index (κ2) is 6.86. The van der Waals surface area contributed by atoms with Gasteiger partial charge in [-0.15, -0.1) is 0 Å². The van der Waals surface area contributed by atoms with Crippen LogP contribution in [-0.4, -0.2) is 39.3 Å². The molecule has 144 valence electrons. The Morgan fingerprint density at radius 1 is 1.27 bits per heavy atom. The third kappa shape index (κ3) is 3.01. The van der Waals surface area contributed by atoms with Crippen molar-refractivity contribution in [3.05, 3.63) is 23.3 Å². The van der Waals surface area contributed by atoms with E-state index in [4.69, 9.17) is 0 Å². The molecule has 0 heterocycles. The molecule has 1 fully saturated rings. The average Bonchev–Trinajstić information content (AvgIpc) is 3.43. The predicted molar refractivity (Wildman–Crippen MR) is 100 cm³/mol. The van der Waals surface area contributed by atoms with E-state index in [1.807, 2.05) is 19.9 Å². The van der Waals surface area contributed by atoms with E-state index in [9.17, 15) is 20.1 Å². The Morgan fingerprint density at radius 2 is 1.96 bits per heavy atom. The van der Waals surface area contributed by atoms with Crippen LogP contribution in [0.3, 0.4) is 0 Å². The van der Waals surface area contributed by atoms with Gasteiger partial charge in [-0.3, -0.25) is 4.79 Å². The summed E-state index contributed by atoms with van der Waals surface area (Å²) in [6.07, 6.45) is 4.04. The highest BCUT2D eigenvalue weighted by molar-refractivity contribution is 5.80. The van der Waals surface area contributed by atoms with Crippen LogP contribution in [0.25, 0.3) is 0 Å². The zero-order valence-electron chi connectivity index (χ0n) is 16.0. The lowest BCUT2D eigenvalue weighted by molar-refractivity contribution is -0.126. The van der Waals surface area contributed by atoms with Crippen LogP contribution in [0.2, 0.25) is 0 Å². The Hall–Kier alpha value is -1.59. The second-order valence-corrected chi connectivity index (χ2v) is 8.23. The molecular formula is C21H31NO4. The van der Waals surface area contributed by atoms with Crippen molar-refractivity contribution in [2.75, 3.05) is 6.54 Å². The van der Waals surface area contributed by atoms with Gasteiger partial charge >= 0.3 is 0 Å². The summed E-state index contributed by atoms with van der Waals surface area (Å²) in [5, 5.41) is 35.9. The van der Waals surface area contributed by atoms with E-state index in [1.165, 1.54) is 18.9 Å². The Bertz CT molecular complexity index is 695. The van der Waals surface area contributed by atoms with Crippen LogP contribution < -0.4 is 5.32 Å². The zero-order chi connectivity index (χ0) is 19.1. The number of aliphatic hydroxyl groups is 1. The first-order chi connectivity index (χ1) is 12.3. The molecule has 5 heteroatoms. The lowest BCUT2D eigenvalue weighted by Gasteiger charge is -2.54. The summed E-state index contributed by atoms with van der Waals surface area (Å²) in [7, 11) is 0. The fourth-order valence-corrected chi connectivity index (χ4v) is 4.62. The van der Waals surface area contributed by atoms with Gasteiger partial charge in [0.05, 0.1) is 5.60 Å². The van der Waals surface area contributed by atoms with Crippen LogP contribution in [-0.2, 0) is 16.6 Å². The Kier molecular flexibility index (Phi) is 5.06. The summed E-state index contributed by atoms with van der Waals surface area (Å²) in [5.41, 5.74) is -0.723. The molecule has 2 aliphatic carbocycles. The van der Waals surface area contributed by atoms with Crippen LogP contribution in [0, 0.1) is 5.92 Å². The summed E-state index contributed by atoms with van der Waals surface area (Å²) in [4.78, 5) is 12.4. The van der Waals surface area contributed by atoms with Crippen LogP contribution in [0.4, 0.5) is 0 Å². The minimum atomic E-state index is -1.22. The number of phenolic OH excluding ortho intramolecular Hbond substituents is 2. The molecule has 1 saturated carbocycles. The number of hydrogen-bond donors (Lipinski definition) is 4. The van der Waals surface area contributed by atoms with Crippen molar-refractivity contribution in [3.8, 4) is 11.5 Å². The van der Waals surface area contributed by atoms with Crippen molar-refractivity contribution in [1.29, 1.82) is 0 Å². The lowest BCUT2D eigenvalue weighted by Crippen LogP contribution is -2.65. The Balaban J connectivity index is 2.12. The summed E-state index contributed by atoms with van der Waals surface area (Å²) in [6, 6.07) is 3.10. The number of phenols is 2. The second-order valence-electron chi connectivity index (χ2n) is 8.23. The molecule has 0 spiro atoms. The lowest BCUT2D eigenvalue weighted by atomic mass is 9.55. The highest BCUT2D eigenvalue weighted by Gasteiger charge is 2.57. The first kappa shape index (κ1) is 19.2. The Morgan fingerprint density at radius 3 is 2.54 bits per heavy atom. The third-order valence-electron chi connectivity index (χ3n) is 6.64. The number of benzene rings is 1. The topological polar surface area (TPSA) is 89.8 Å². The van der Waals surface area contributed by atoms with Crippen LogP contribution in [0.5, 0.6) is 11.5 Å². The van der Waals surface area contributed by atoms with Gasteiger partial charge < -0.3 is 20.6 Å². The van der Waals surface area contributed by atoms with Crippen molar-refractivity contribution < 1.29 is 20.1 Å². The molecule has 0 saturated heterocycles. The predicted octanol–water partition coefficient (Wildman–Crippen LogP) is 2.79. The van der Waals surface area contributed by atoms with Gasteiger partial charge in [0, 0.05) is 29.9 Å². The summed E-state index contributed by atoms with van der Waals surface area (Å²) >= 11 is 0. The molecule has 1 aromatic rings. The van der Waals surface area contributed by atoms with E-state index in [0.717, 1.165) is 12.1 Å². The molecule has 0 bridgehead atoms. The van der Waals surface area contributed by atoms with Gasteiger partial charge in [0.25, 0.3) is 0 Å². The maximum atomic E-state index is 12.4. The number of nitrogens with one attached hydrogen (secondary N) is 1. The van der Waals surface area contributed by atoms with Crippen LogP contribution in [0.15, 0.2) is 12.1 Å². The number of rotatable bonds is 7. The molecule has 3 unspecified atom stereocenters. The first-order valence-electron chi connectivity index (χ1n) is 9.78. The standard InChI is InChI=1S/C21H31NO4/c1-4-15(23)11-21(5-2)18-14(8-9-16(24)19(18)25)10-17(20(21,3)26)22-12-13-6-7-13/h8-9,13,17,22,24-26H,4-7,10-12H2,1-3H3. The highest BCUT2D eigenvalue weighted by atomic mass is 16.3. The van der Waals surface area contributed by atoms with E-state index in [0.29, 0.717) is 30.7 Å². The fourth-order valence-electron chi connectivity index (χ4n) is 4.62. The van der Waals surface area contributed by atoms with Gasteiger partial charge in [0.1, 0.15) is 5.78 Å². The van der Waals surface area contributed by atoms with Gasteiger partial charge in [-0.25, -0.2) is 0 Å². The van der Waals surface area contributed by atoms with Gasteiger partial charge in [0.2, 0.25) is 0 Å². The third-order valence-corrected chi connectivity index (χ3v) is 6.64. The van der Waals surface area contributed by atoms with Gasteiger partial charge in [-0.1, -0.05) is 19.9 Å². The van der Waals surface area contributed by atoms with Crippen molar-refractivity contribution in [2.24, 2.45) is 5.92 Å². The molecule has 5 nitrogen and oxygen atoms in total. The average molecular weight is 361 g/mol. The maximum Gasteiger partial charge on any atom is 0.161 e. The van der Waals surface area contributed by atoms with Crippen molar-refractivity contribution in [2.45, 2.75) is 76.4 Å². The quantitative estimate of drug-likeness (QED) is 0.561. The smallest absolute Gasteiger partial charge is 0.161 e. The molecule has 1 aromatic carbocycles. The van der Waals surface area contributed by atoms with Crippen molar-refractivity contribution >= 4 is 5.78 Å². The SMILES string of the molecule is CCC(=O)CC1(CC)c2c(ccc(O)c2O)CC(NCC2CC2)C1(C)O. The summed E-state index contributed by atoms with van der Waals surface area (Å²) < 4.78 is 0. The Labute approximate surface area is 155 Å². The molecule has 0 amide bonds.